The highest BCUT2D eigenvalue weighted by atomic mass is 32.2. The van der Waals surface area contributed by atoms with E-state index >= 15 is 0 Å². The molecule has 102 valence electrons. The van der Waals surface area contributed by atoms with E-state index in [1.807, 2.05) is 0 Å². The van der Waals surface area contributed by atoms with Gasteiger partial charge in [-0.05, 0) is 25.7 Å². The molecule has 18 heavy (non-hydrogen) atoms. The molecule has 5 nitrogen and oxygen atoms in total. The van der Waals surface area contributed by atoms with Crippen LogP contribution in [0.2, 0.25) is 0 Å². The lowest BCUT2D eigenvalue weighted by molar-refractivity contribution is -0.148. The minimum absolute atomic E-state index is 0.0541. The second-order valence-electron chi connectivity index (χ2n) is 4.74. The van der Waals surface area contributed by atoms with E-state index in [1.54, 1.807) is 0 Å². The number of amides is 1. The molecule has 2 fully saturated rings. The molecule has 2 unspecified atom stereocenters. The van der Waals surface area contributed by atoms with Crippen molar-refractivity contribution in [2.24, 2.45) is 0 Å². The molecule has 0 aliphatic carbocycles. The molecule has 2 heterocycles. The van der Waals surface area contributed by atoms with Gasteiger partial charge in [-0.2, -0.15) is 0 Å². The number of carbonyl (C=O) groups is 2. The Morgan fingerprint density at radius 2 is 2.22 bits per heavy atom. The molecule has 2 aliphatic rings. The van der Waals surface area contributed by atoms with Crippen molar-refractivity contribution in [3.63, 3.8) is 0 Å². The van der Waals surface area contributed by atoms with Crippen LogP contribution in [0, 0.1) is 0 Å². The molecule has 2 atom stereocenters. The highest BCUT2D eigenvalue weighted by Crippen LogP contribution is 2.23. The van der Waals surface area contributed by atoms with Gasteiger partial charge in [0.2, 0.25) is 5.91 Å². The zero-order valence-corrected chi connectivity index (χ0v) is 11.2. The van der Waals surface area contributed by atoms with Gasteiger partial charge in [0.05, 0.1) is 12.0 Å². The molecule has 2 rings (SSSR count). The monoisotopic (exact) mass is 273 g/mol. The Balaban J connectivity index is 1.78. The molecule has 6 heteroatoms. The van der Waals surface area contributed by atoms with E-state index in [4.69, 9.17) is 9.84 Å². The lowest BCUT2D eigenvalue weighted by Crippen LogP contribution is -2.42. The molecule has 0 radical (unpaired) electrons. The molecule has 0 spiro atoms. The summed E-state index contributed by atoms with van der Waals surface area (Å²) < 4.78 is 5.57. The highest BCUT2D eigenvalue weighted by Gasteiger charge is 2.34. The third-order valence-electron chi connectivity index (χ3n) is 3.44. The van der Waals surface area contributed by atoms with Crippen molar-refractivity contribution in [3.05, 3.63) is 0 Å². The largest absolute Gasteiger partial charge is 0.480 e. The Kier molecular flexibility index (Phi) is 4.88. The van der Waals surface area contributed by atoms with Crippen LogP contribution in [-0.4, -0.2) is 52.3 Å². The molecule has 0 aromatic carbocycles. The van der Waals surface area contributed by atoms with Crippen LogP contribution >= 0.6 is 11.8 Å². The number of rotatable bonds is 4. The number of hydrogen-bond donors (Lipinski definition) is 1. The molecule has 0 aromatic heterocycles. The fraction of sp³-hybridized carbons (Fsp3) is 0.833. The fourth-order valence-corrected chi connectivity index (χ4v) is 3.53. The van der Waals surface area contributed by atoms with E-state index in [-0.39, 0.29) is 12.0 Å². The second kappa shape index (κ2) is 6.43. The van der Waals surface area contributed by atoms with Crippen LogP contribution in [0.4, 0.5) is 0 Å². The third kappa shape index (κ3) is 3.38. The summed E-state index contributed by atoms with van der Waals surface area (Å²) >= 11 is 1.50. The van der Waals surface area contributed by atoms with Crippen LogP contribution in [0.5, 0.6) is 0 Å². The Morgan fingerprint density at radius 3 is 2.89 bits per heavy atom. The molecule has 0 saturated carbocycles. The molecule has 2 saturated heterocycles. The SMILES string of the molecule is O=C(O)C1CSCN1C(=O)CCC1CCCCO1. The first-order valence-corrected chi connectivity index (χ1v) is 7.55. The van der Waals surface area contributed by atoms with Crippen molar-refractivity contribution in [2.45, 2.75) is 44.2 Å². The van der Waals surface area contributed by atoms with Gasteiger partial charge in [0.15, 0.2) is 0 Å². The first-order valence-electron chi connectivity index (χ1n) is 6.40. The van der Waals surface area contributed by atoms with Gasteiger partial charge in [-0.3, -0.25) is 4.79 Å². The van der Waals surface area contributed by atoms with E-state index in [2.05, 4.69) is 0 Å². The number of carboxylic acids is 1. The number of carboxylic acid groups (broad SMARTS) is 1. The molecule has 0 aromatic rings. The van der Waals surface area contributed by atoms with Crippen LogP contribution < -0.4 is 0 Å². The summed E-state index contributed by atoms with van der Waals surface area (Å²) in [4.78, 5) is 24.5. The van der Waals surface area contributed by atoms with Gasteiger partial charge in [0.1, 0.15) is 6.04 Å². The summed E-state index contributed by atoms with van der Waals surface area (Å²) in [5, 5.41) is 9.02. The molecule has 1 amide bonds. The van der Waals surface area contributed by atoms with Crippen LogP contribution in [0.25, 0.3) is 0 Å². The predicted octanol–water partition coefficient (Wildman–Crippen LogP) is 1.32. The average molecular weight is 273 g/mol. The van der Waals surface area contributed by atoms with Gasteiger partial charge < -0.3 is 14.7 Å². The van der Waals surface area contributed by atoms with Crippen LogP contribution in [0.15, 0.2) is 0 Å². The fourth-order valence-electron chi connectivity index (χ4n) is 2.36. The minimum atomic E-state index is -0.901. The molecular formula is C12H19NO4S. The number of nitrogens with zero attached hydrogens (tertiary/aromatic N) is 1. The van der Waals surface area contributed by atoms with E-state index < -0.39 is 12.0 Å². The van der Waals surface area contributed by atoms with E-state index in [0.717, 1.165) is 25.9 Å². The number of thioether (sulfide) groups is 1. The number of carbonyl (C=O) groups excluding carboxylic acids is 1. The van der Waals surface area contributed by atoms with Crippen molar-refractivity contribution >= 4 is 23.6 Å². The maximum atomic E-state index is 12.0. The smallest absolute Gasteiger partial charge is 0.327 e. The van der Waals surface area contributed by atoms with Crippen molar-refractivity contribution in [3.8, 4) is 0 Å². The van der Waals surface area contributed by atoms with E-state index in [1.165, 1.54) is 16.7 Å². The van der Waals surface area contributed by atoms with Crippen LogP contribution in [-0.2, 0) is 14.3 Å². The quantitative estimate of drug-likeness (QED) is 0.837. The third-order valence-corrected chi connectivity index (χ3v) is 4.45. The standard InChI is InChI=1S/C12H19NO4S/c14-11(5-4-9-3-1-2-6-17-9)13-8-18-7-10(13)12(15)16/h9-10H,1-8H2,(H,15,16). The average Bonchev–Trinajstić information content (AvgIpc) is 2.86. The molecule has 2 aliphatic heterocycles. The lowest BCUT2D eigenvalue weighted by Gasteiger charge is -2.24. The summed E-state index contributed by atoms with van der Waals surface area (Å²) in [6, 6.07) is -0.644. The summed E-state index contributed by atoms with van der Waals surface area (Å²) in [6.07, 6.45) is 4.58. The van der Waals surface area contributed by atoms with Crippen molar-refractivity contribution in [2.75, 3.05) is 18.2 Å². The van der Waals surface area contributed by atoms with Crippen LogP contribution in [0.3, 0.4) is 0 Å². The summed E-state index contributed by atoms with van der Waals surface area (Å²) in [5.74, 6) is 0.0475. The Labute approximate surface area is 111 Å². The molecular weight excluding hydrogens is 254 g/mol. The maximum Gasteiger partial charge on any atom is 0.327 e. The Morgan fingerprint density at radius 1 is 1.39 bits per heavy atom. The Bertz CT molecular complexity index is 317. The molecule has 0 bridgehead atoms. The van der Waals surface area contributed by atoms with Crippen molar-refractivity contribution in [1.82, 2.24) is 4.90 Å². The van der Waals surface area contributed by atoms with Gasteiger partial charge in [0, 0.05) is 18.8 Å². The van der Waals surface area contributed by atoms with E-state index in [0.29, 0.717) is 24.5 Å². The predicted molar refractivity (Wildman–Crippen MR) is 68.4 cm³/mol. The van der Waals surface area contributed by atoms with Gasteiger partial charge >= 0.3 is 5.97 Å². The van der Waals surface area contributed by atoms with Crippen molar-refractivity contribution in [1.29, 1.82) is 0 Å². The van der Waals surface area contributed by atoms with Gasteiger partial charge in [-0.1, -0.05) is 0 Å². The topological polar surface area (TPSA) is 66.8 Å². The van der Waals surface area contributed by atoms with Gasteiger partial charge in [-0.25, -0.2) is 4.79 Å². The Hall–Kier alpha value is -0.750. The lowest BCUT2D eigenvalue weighted by atomic mass is 10.0. The first kappa shape index (κ1) is 13.7. The van der Waals surface area contributed by atoms with Crippen LogP contribution in [0.1, 0.15) is 32.1 Å². The van der Waals surface area contributed by atoms with Gasteiger partial charge in [-0.15, -0.1) is 11.8 Å². The van der Waals surface area contributed by atoms with E-state index in [9.17, 15) is 9.59 Å². The summed E-state index contributed by atoms with van der Waals surface area (Å²) in [5.41, 5.74) is 0. The maximum absolute atomic E-state index is 12.0. The van der Waals surface area contributed by atoms with Crippen molar-refractivity contribution < 1.29 is 19.4 Å². The molecule has 1 N–H and O–H groups in total. The zero-order valence-electron chi connectivity index (χ0n) is 10.3. The zero-order chi connectivity index (χ0) is 13.0. The number of hydrogen-bond acceptors (Lipinski definition) is 4. The minimum Gasteiger partial charge on any atom is -0.480 e. The summed E-state index contributed by atoms with van der Waals surface area (Å²) in [7, 11) is 0. The summed E-state index contributed by atoms with van der Waals surface area (Å²) in [6.45, 7) is 0.788. The number of ether oxygens (including phenoxy) is 1. The first-order chi connectivity index (χ1) is 8.68. The van der Waals surface area contributed by atoms with Gasteiger partial charge in [0.25, 0.3) is 0 Å². The highest BCUT2D eigenvalue weighted by molar-refractivity contribution is 7.99. The second-order valence-corrected chi connectivity index (χ2v) is 5.74. The normalized spacial score (nSPS) is 28.3. The number of aliphatic carboxylic acids is 1.